The van der Waals surface area contributed by atoms with Gasteiger partial charge in [0.2, 0.25) is 15.9 Å². The Morgan fingerprint density at radius 2 is 1.61 bits per heavy atom. The normalized spacial score (nSPS) is 16.7. The van der Waals surface area contributed by atoms with Crippen LogP contribution >= 0.6 is 0 Å². The third-order valence-corrected chi connectivity index (χ3v) is 5.48. The number of hydrogen-bond acceptors (Lipinski definition) is 5. The number of carbonyl (C=O) groups excluding carboxylic acids is 2. The Balaban J connectivity index is 2.02. The largest absolute Gasteiger partial charge is 0.545 e. The third-order valence-electron chi connectivity index (χ3n) is 3.57. The van der Waals surface area contributed by atoms with Crippen molar-refractivity contribution in [3.63, 3.8) is 0 Å². The maximum atomic E-state index is 12.5. The molecule has 0 saturated carbocycles. The van der Waals surface area contributed by atoms with Crippen molar-refractivity contribution in [2.75, 3.05) is 26.2 Å². The number of nitrogens with zero attached hydrogens (tertiary/aromatic N) is 2. The van der Waals surface area contributed by atoms with Crippen LogP contribution in [0.5, 0.6) is 0 Å². The number of carboxylic acids is 1. The summed E-state index contributed by atoms with van der Waals surface area (Å²) >= 11 is 0. The zero-order valence-corrected chi connectivity index (χ0v) is 13.5. The maximum absolute atomic E-state index is 12.5. The first-order valence-corrected chi connectivity index (χ1v) is 8.49. The molecule has 0 atom stereocenters. The molecule has 0 unspecified atom stereocenters. The summed E-state index contributed by atoms with van der Waals surface area (Å²) in [6.45, 7) is 2.63. The summed E-state index contributed by atoms with van der Waals surface area (Å²) in [6.07, 6.45) is 1.58. The fourth-order valence-electron chi connectivity index (χ4n) is 2.25. The van der Waals surface area contributed by atoms with E-state index in [1.807, 2.05) is 6.92 Å². The van der Waals surface area contributed by atoms with Crippen molar-refractivity contribution in [2.24, 2.45) is 0 Å². The maximum Gasteiger partial charge on any atom is 0.246 e. The van der Waals surface area contributed by atoms with Gasteiger partial charge in [-0.1, -0.05) is 17.7 Å². The average molecular weight is 337 g/mol. The van der Waals surface area contributed by atoms with Crippen molar-refractivity contribution < 1.29 is 23.1 Å². The molecule has 2 rings (SSSR count). The van der Waals surface area contributed by atoms with E-state index >= 15 is 0 Å². The van der Waals surface area contributed by atoms with Crippen molar-refractivity contribution in [3.05, 3.63) is 42.0 Å². The van der Waals surface area contributed by atoms with Crippen LogP contribution in [0.2, 0.25) is 0 Å². The second-order valence-corrected chi connectivity index (χ2v) is 7.13. The minimum Gasteiger partial charge on any atom is -0.545 e. The molecule has 0 bridgehead atoms. The lowest BCUT2D eigenvalue weighted by atomic mass is 10.2. The van der Waals surface area contributed by atoms with Crippen LogP contribution in [0.3, 0.4) is 0 Å². The highest BCUT2D eigenvalue weighted by atomic mass is 32.2. The van der Waals surface area contributed by atoms with Crippen molar-refractivity contribution in [1.29, 1.82) is 0 Å². The molecule has 1 aromatic rings. The van der Waals surface area contributed by atoms with E-state index < -0.39 is 21.9 Å². The number of amides is 1. The van der Waals surface area contributed by atoms with Gasteiger partial charge in [0.15, 0.2) is 0 Å². The molecular formula is C15H17N2O5S-. The standard InChI is InChI=1S/C15H18N2O5S/c1-12-2-4-13(5-3-12)23(21,22)17-10-8-16(9-11-17)14(18)6-7-15(19)20/h2-7H,8-11H2,1H3,(H,19,20)/p-1/b7-6+. The zero-order chi connectivity index (χ0) is 17.0. The Bertz CT molecular complexity index is 717. The first-order chi connectivity index (χ1) is 10.8. The van der Waals surface area contributed by atoms with E-state index in [1.54, 1.807) is 24.3 Å². The van der Waals surface area contributed by atoms with Gasteiger partial charge in [0.05, 0.1) is 10.9 Å². The summed E-state index contributed by atoms with van der Waals surface area (Å²) < 4.78 is 26.3. The van der Waals surface area contributed by atoms with Crippen LogP contribution in [-0.2, 0) is 19.6 Å². The molecule has 8 heteroatoms. The van der Waals surface area contributed by atoms with E-state index in [-0.39, 0.29) is 31.1 Å². The second kappa shape index (κ2) is 6.93. The average Bonchev–Trinajstić information content (AvgIpc) is 2.53. The summed E-state index contributed by atoms with van der Waals surface area (Å²) in [5, 5.41) is 10.3. The van der Waals surface area contributed by atoms with E-state index in [0.717, 1.165) is 11.6 Å². The molecule has 0 N–H and O–H groups in total. The van der Waals surface area contributed by atoms with Gasteiger partial charge in [0.25, 0.3) is 0 Å². The Labute approximate surface area is 134 Å². The van der Waals surface area contributed by atoms with Crippen LogP contribution in [0.15, 0.2) is 41.3 Å². The molecule has 0 aliphatic carbocycles. The zero-order valence-electron chi connectivity index (χ0n) is 12.6. The van der Waals surface area contributed by atoms with Gasteiger partial charge in [-0.3, -0.25) is 4.79 Å². The first kappa shape index (κ1) is 17.2. The lowest BCUT2D eigenvalue weighted by Crippen LogP contribution is -2.50. The summed E-state index contributed by atoms with van der Waals surface area (Å²) in [4.78, 5) is 23.7. The molecule has 124 valence electrons. The van der Waals surface area contributed by atoms with Gasteiger partial charge < -0.3 is 14.8 Å². The number of carbonyl (C=O) groups is 2. The molecule has 0 radical (unpaired) electrons. The molecule has 1 aromatic carbocycles. The van der Waals surface area contributed by atoms with Gasteiger partial charge in [0.1, 0.15) is 0 Å². The first-order valence-electron chi connectivity index (χ1n) is 7.05. The second-order valence-electron chi connectivity index (χ2n) is 5.19. The molecule has 0 spiro atoms. The van der Waals surface area contributed by atoms with E-state index in [0.29, 0.717) is 6.08 Å². The van der Waals surface area contributed by atoms with Crippen LogP contribution < -0.4 is 5.11 Å². The van der Waals surface area contributed by atoms with Crippen LogP contribution in [0.25, 0.3) is 0 Å². The number of carboxylic acid groups (broad SMARTS) is 1. The molecule has 0 aromatic heterocycles. The topological polar surface area (TPSA) is 97.8 Å². The van der Waals surface area contributed by atoms with Crippen molar-refractivity contribution >= 4 is 21.9 Å². The molecule has 1 amide bonds. The van der Waals surface area contributed by atoms with Crippen molar-refractivity contribution in [2.45, 2.75) is 11.8 Å². The lowest BCUT2D eigenvalue weighted by Gasteiger charge is -2.33. The van der Waals surface area contributed by atoms with Crippen LogP contribution in [-0.4, -0.2) is 55.7 Å². The summed E-state index contributed by atoms with van der Waals surface area (Å²) in [7, 11) is -3.58. The minimum absolute atomic E-state index is 0.168. The SMILES string of the molecule is Cc1ccc(S(=O)(=O)N2CCN(C(=O)/C=C/C(=O)[O-])CC2)cc1. The van der Waals surface area contributed by atoms with Crippen LogP contribution in [0.4, 0.5) is 0 Å². The van der Waals surface area contributed by atoms with Crippen LogP contribution in [0.1, 0.15) is 5.56 Å². The van der Waals surface area contributed by atoms with E-state index in [1.165, 1.54) is 9.21 Å². The highest BCUT2D eigenvalue weighted by molar-refractivity contribution is 7.89. The molecule has 23 heavy (non-hydrogen) atoms. The number of aryl methyl sites for hydroxylation is 1. The molecule has 1 fully saturated rings. The van der Waals surface area contributed by atoms with Gasteiger partial charge >= 0.3 is 0 Å². The Hall–Kier alpha value is -2.19. The quantitative estimate of drug-likeness (QED) is 0.666. The van der Waals surface area contributed by atoms with Gasteiger partial charge in [-0.2, -0.15) is 4.31 Å². The summed E-state index contributed by atoms with van der Waals surface area (Å²) in [5.41, 5.74) is 0.971. The lowest BCUT2D eigenvalue weighted by molar-refractivity contribution is -0.297. The fraction of sp³-hybridized carbons (Fsp3) is 0.333. The predicted octanol–water partition coefficient (Wildman–Crippen LogP) is -0.866. The Morgan fingerprint density at radius 3 is 2.13 bits per heavy atom. The van der Waals surface area contributed by atoms with Gasteiger partial charge in [-0.15, -0.1) is 0 Å². The number of hydrogen-bond donors (Lipinski definition) is 0. The van der Waals surface area contributed by atoms with Crippen molar-refractivity contribution in [1.82, 2.24) is 9.21 Å². The minimum atomic E-state index is -3.58. The Kier molecular flexibility index (Phi) is 5.17. The fourth-order valence-corrected chi connectivity index (χ4v) is 3.68. The number of piperazine rings is 1. The molecule has 1 heterocycles. The van der Waals surface area contributed by atoms with Crippen LogP contribution in [0, 0.1) is 6.92 Å². The predicted molar refractivity (Wildman–Crippen MR) is 80.7 cm³/mol. The summed E-state index contributed by atoms with van der Waals surface area (Å²) in [5.74, 6) is -1.92. The van der Waals surface area contributed by atoms with Crippen molar-refractivity contribution in [3.8, 4) is 0 Å². The van der Waals surface area contributed by atoms with E-state index in [4.69, 9.17) is 0 Å². The van der Waals surface area contributed by atoms with Gasteiger partial charge in [-0.05, 0) is 25.1 Å². The number of benzene rings is 1. The molecule has 1 aliphatic heterocycles. The van der Waals surface area contributed by atoms with Gasteiger partial charge in [-0.25, -0.2) is 8.42 Å². The number of aliphatic carboxylic acids is 1. The number of sulfonamides is 1. The molecule has 1 aliphatic rings. The van der Waals surface area contributed by atoms with E-state index in [9.17, 15) is 23.1 Å². The molecular weight excluding hydrogens is 320 g/mol. The summed E-state index contributed by atoms with van der Waals surface area (Å²) in [6, 6.07) is 6.59. The highest BCUT2D eigenvalue weighted by Crippen LogP contribution is 2.18. The molecule has 1 saturated heterocycles. The van der Waals surface area contributed by atoms with Gasteiger partial charge in [0, 0.05) is 32.3 Å². The third kappa shape index (κ3) is 4.17. The Morgan fingerprint density at radius 1 is 1.04 bits per heavy atom. The number of rotatable bonds is 4. The highest BCUT2D eigenvalue weighted by Gasteiger charge is 2.29. The monoisotopic (exact) mass is 337 g/mol. The molecule has 7 nitrogen and oxygen atoms in total. The smallest absolute Gasteiger partial charge is 0.246 e. The van der Waals surface area contributed by atoms with E-state index in [2.05, 4.69) is 0 Å².